The lowest BCUT2D eigenvalue weighted by Gasteiger charge is -2.34. The van der Waals surface area contributed by atoms with Crippen molar-refractivity contribution in [2.45, 2.75) is 37.7 Å². The van der Waals surface area contributed by atoms with Crippen LogP contribution in [0.4, 0.5) is 0 Å². The normalized spacial score (nSPS) is 24.7. The number of pyridine rings is 1. The van der Waals surface area contributed by atoms with Crippen molar-refractivity contribution in [2.75, 3.05) is 19.7 Å². The fourth-order valence-corrected chi connectivity index (χ4v) is 4.12. The minimum absolute atomic E-state index is 0.202. The molecular formula is C20H22N4O2. The molecule has 2 aromatic heterocycles. The third-order valence-corrected chi connectivity index (χ3v) is 5.79. The quantitative estimate of drug-likeness (QED) is 0.850. The van der Waals surface area contributed by atoms with Crippen LogP contribution in [0.1, 0.15) is 36.9 Å². The summed E-state index contributed by atoms with van der Waals surface area (Å²) < 4.78 is 5.87. The topological polar surface area (TPSA) is 68.2 Å². The number of carbonyl (C=O) groups excluding carboxylic acids is 1. The Morgan fingerprint density at radius 1 is 1.35 bits per heavy atom. The standard InChI is InChI=1S/C20H22N4O2/c25-17(8-14-3-4-14)24-7-5-20(12-24)13-26-11-16-10-22-19(23-18(16)20)15-2-1-6-21-9-15/h1-2,6,9-10,14H,3-5,7-8,11-13H2/t20-/m1/s1. The van der Waals surface area contributed by atoms with Gasteiger partial charge in [-0.25, -0.2) is 9.97 Å². The number of hydrogen-bond donors (Lipinski definition) is 0. The molecule has 0 N–H and O–H groups in total. The van der Waals surface area contributed by atoms with Crippen molar-refractivity contribution in [3.05, 3.63) is 42.0 Å². The van der Waals surface area contributed by atoms with E-state index < -0.39 is 0 Å². The van der Waals surface area contributed by atoms with Crippen molar-refractivity contribution in [3.63, 3.8) is 0 Å². The monoisotopic (exact) mass is 350 g/mol. The molecule has 1 spiro atoms. The minimum Gasteiger partial charge on any atom is -0.376 e. The molecule has 0 radical (unpaired) electrons. The van der Waals surface area contributed by atoms with Crippen molar-refractivity contribution < 1.29 is 9.53 Å². The van der Waals surface area contributed by atoms with Gasteiger partial charge in [0.1, 0.15) is 0 Å². The Labute approximate surface area is 152 Å². The smallest absolute Gasteiger partial charge is 0.222 e. The zero-order valence-corrected chi connectivity index (χ0v) is 14.7. The molecule has 1 saturated carbocycles. The van der Waals surface area contributed by atoms with Crippen LogP contribution in [0.25, 0.3) is 11.4 Å². The summed E-state index contributed by atoms with van der Waals surface area (Å²) in [6, 6.07) is 3.87. The van der Waals surface area contributed by atoms with Crippen LogP contribution in [0.2, 0.25) is 0 Å². The summed E-state index contributed by atoms with van der Waals surface area (Å²) in [7, 11) is 0. The van der Waals surface area contributed by atoms with Gasteiger partial charge in [-0.1, -0.05) is 0 Å². The highest BCUT2D eigenvalue weighted by Crippen LogP contribution is 2.41. The van der Waals surface area contributed by atoms with Gasteiger partial charge in [0.2, 0.25) is 5.91 Å². The van der Waals surface area contributed by atoms with E-state index in [0.29, 0.717) is 37.9 Å². The predicted octanol–water partition coefficient (Wildman–Crippen LogP) is 2.34. The molecule has 1 atom stereocenters. The van der Waals surface area contributed by atoms with Crippen molar-refractivity contribution in [1.29, 1.82) is 0 Å². The molecular weight excluding hydrogens is 328 g/mol. The molecule has 0 unspecified atom stereocenters. The van der Waals surface area contributed by atoms with Crippen LogP contribution in [-0.4, -0.2) is 45.5 Å². The van der Waals surface area contributed by atoms with Crippen LogP contribution in [-0.2, 0) is 21.6 Å². The Morgan fingerprint density at radius 2 is 2.27 bits per heavy atom. The van der Waals surface area contributed by atoms with Crippen LogP contribution in [0.5, 0.6) is 0 Å². The van der Waals surface area contributed by atoms with Crippen LogP contribution >= 0.6 is 0 Å². The number of nitrogens with zero attached hydrogens (tertiary/aromatic N) is 4. The molecule has 1 aliphatic carbocycles. The van der Waals surface area contributed by atoms with E-state index in [1.807, 2.05) is 23.2 Å². The lowest BCUT2D eigenvalue weighted by molar-refractivity contribution is -0.130. The summed E-state index contributed by atoms with van der Waals surface area (Å²) in [4.78, 5) is 28.2. The Kier molecular flexibility index (Phi) is 3.74. The zero-order valence-electron chi connectivity index (χ0n) is 14.7. The van der Waals surface area contributed by atoms with Gasteiger partial charge in [0, 0.05) is 49.2 Å². The van der Waals surface area contributed by atoms with Crippen molar-refractivity contribution in [1.82, 2.24) is 19.9 Å². The first-order chi connectivity index (χ1) is 12.7. The van der Waals surface area contributed by atoms with Gasteiger partial charge < -0.3 is 9.64 Å². The van der Waals surface area contributed by atoms with Gasteiger partial charge in [0.25, 0.3) is 0 Å². The highest BCUT2D eigenvalue weighted by atomic mass is 16.5. The van der Waals surface area contributed by atoms with Gasteiger partial charge in [0.05, 0.1) is 24.3 Å². The minimum atomic E-state index is -0.202. The summed E-state index contributed by atoms with van der Waals surface area (Å²) in [5, 5.41) is 0. The van der Waals surface area contributed by atoms with E-state index in [1.165, 1.54) is 12.8 Å². The average Bonchev–Trinajstić information content (AvgIpc) is 3.40. The lowest BCUT2D eigenvalue weighted by atomic mass is 9.80. The molecule has 3 aliphatic rings. The van der Waals surface area contributed by atoms with E-state index in [2.05, 4.69) is 9.97 Å². The number of aromatic nitrogens is 3. The van der Waals surface area contributed by atoms with E-state index >= 15 is 0 Å². The molecule has 2 aromatic rings. The molecule has 0 aromatic carbocycles. The highest BCUT2D eigenvalue weighted by molar-refractivity contribution is 5.77. The van der Waals surface area contributed by atoms with Gasteiger partial charge in [-0.15, -0.1) is 0 Å². The first kappa shape index (κ1) is 15.9. The maximum atomic E-state index is 12.6. The second-order valence-corrected chi connectivity index (χ2v) is 7.80. The summed E-state index contributed by atoms with van der Waals surface area (Å²) in [6.45, 7) is 2.66. The van der Waals surface area contributed by atoms with Crippen molar-refractivity contribution >= 4 is 5.91 Å². The van der Waals surface area contributed by atoms with Gasteiger partial charge >= 0.3 is 0 Å². The van der Waals surface area contributed by atoms with Gasteiger partial charge in [-0.2, -0.15) is 0 Å². The number of hydrogen-bond acceptors (Lipinski definition) is 5. The molecule has 5 rings (SSSR count). The largest absolute Gasteiger partial charge is 0.376 e. The molecule has 134 valence electrons. The molecule has 0 bridgehead atoms. The summed E-state index contributed by atoms with van der Waals surface area (Å²) >= 11 is 0. The number of fused-ring (bicyclic) bond motifs is 2. The number of rotatable bonds is 3. The third kappa shape index (κ3) is 2.78. The third-order valence-electron chi connectivity index (χ3n) is 5.79. The van der Waals surface area contributed by atoms with Crippen LogP contribution in [0.3, 0.4) is 0 Å². The summed E-state index contributed by atoms with van der Waals surface area (Å²) in [5.41, 5.74) is 2.81. The van der Waals surface area contributed by atoms with E-state index in [4.69, 9.17) is 9.72 Å². The second kappa shape index (κ2) is 6.13. The predicted molar refractivity (Wildman–Crippen MR) is 95.1 cm³/mol. The molecule has 6 heteroatoms. The molecule has 1 saturated heterocycles. The fraction of sp³-hybridized carbons (Fsp3) is 0.500. The van der Waals surface area contributed by atoms with E-state index in [-0.39, 0.29) is 11.3 Å². The maximum Gasteiger partial charge on any atom is 0.222 e. The number of amides is 1. The highest BCUT2D eigenvalue weighted by Gasteiger charge is 2.46. The molecule has 6 nitrogen and oxygen atoms in total. The average molecular weight is 350 g/mol. The Bertz CT molecular complexity index is 837. The first-order valence-corrected chi connectivity index (χ1v) is 9.36. The van der Waals surface area contributed by atoms with Crippen molar-refractivity contribution in [3.8, 4) is 11.4 Å². The van der Waals surface area contributed by atoms with Crippen LogP contribution < -0.4 is 0 Å². The number of ether oxygens (including phenoxy) is 1. The van der Waals surface area contributed by atoms with E-state index in [0.717, 1.165) is 29.8 Å². The first-order valence-electron chi connectivity index (χ1n) is 9.36. The van der Waals surface area contributed by atoms with E-state index in [1.54, 1.807) is 12.4 Å². The molecule has 2 fully saturated rings. The second-order valence-electron chi connectivity index (χ2n) is 7.80. The molecule has 2 aliphatic heterocycles. The van der Waals surface area contributed by atoms with E-state index in [9.17, 15) is 4.79 Å². The van der Waals surface area contributed by atoms with Gasteiger partial charge in [0.15, 0.2) is 5.82 Å². The van der Waals surface area contributed by atoms with Crippen LogP contribution in [0.15, 0.2) is 30.7 Å². The SMILES string of the molecule is O=C(CC1CC1)N1CC[C@]2(COCc3cnc(-c4cccnc4)nc32)C1. The zero-order chi connectivity index (χ0) is 17.6. The van der Waals surface area contributed by atoms with Gasteiger partial charge in [-0.3, -0.25) is 9.78 Å². The summed E-state index contributed by atoms with van der Waals surface area (Å²) in [5.74, 6) is 1.60. The number of carbonyl (C=O) groups is 1. The lowest BCUT2D eigenvalue weighted by Crippen LogP contribution is -2.41. The summed E-state index contributed by atoms with van der Waals surface area (Å²) in [6.07, 6.45) is 9.43. The Balaban J connectivity index is 1.46. The van der Waals surface area contributed by atoms with Crippen molar-refractivity contribution in [2.24, 2.45) is 5.92 Å². The number of likely N-dealkylation sites (tertiary alicyclic amines) is 1. The van der Waals surface area contributed by atoms with Crippen LogP contribution in [0, 0.1) is 5.92 Å². The molecule has 1 amide bonds. The Hall–Kier alpha value is -2.34. The molecule has 26 heavy (non-hydrogen) atoms. The fourth-order valence-electron chi connectivity index (χ4n) is 4.12. The maximum absolute atomic E-state index is 12.6. The molecule has 4 heterocycles. The van der Waals surface area contributed by atoms with Gasteiger partial charge in [-0.05, 0) is 37.3 Å². The Morgan fingerprint density at radius 3 is 3.08 bits per heavy atom.